The summed E-state index contributed by atoms with van der Waals surface area (Å²) in [5.41, 5.74) is 0.782. The van der Waals surface area contributed by atoms with Gasteiger partial charge < -0.3 is 4.74 Å². The third-order valence-electron chi connectivity index (χ3n) is 3.05. The summed E-state index contributed by atoms with van der Waals surface area (Å²) in [7, 11) is 0. The lowest BCUT2D eigenvalue weighted by Gasteiger charge is -2.09. The molecule has 2 aromatic carbocycles. The van der Waals surface area contributed by atoms with Crippen molar-refractivity contribution in [1.29, 1.82) is 0 Å². The highest BCUT2D eigenvalue weighted by atomic mass is 79.9. The number of ether oxygens (including phenoxy) is 1. The molecule has 0 spiro atoms. The van der Waals surface area contributed by atoms with Crippen molar-refractivity contribution in [2.24, 2.45) is 0 Å². The molecule has 0 aliphatic heterocycles. The van der Waals surface area contributed by atoms with Gasteiger partial charge in [-0.05, 0) is 54.7 Å². The van der Waals surface area contributed by atoms with Crippen LogP contribution in [0.25, 0.3) is 0 Å². The molecule has 0 amide bonds. The van der Waals surface area contributed by atoms with Crippen molar-refractivity contribution in [3.8, 4) is 11.5 Å². The van der Waals surface area contributed by atoms with Gasteiger partial charge in [0.25, 0.3) is 0 Å². The predicted molar refractivity (Wildman–Crippen MR) is 72.6 cm³/mol. The fourth-order valence-corrected chi connectivity index (χ4v) is 2.21. The topological polar surface area (TPSA) is 9.23 Å². The molecule has 0 saturated heterocycles. The molecule has 0 unspecified atom stereocenters. The zero-order valence-corrected chi connectivity index (χ0v) is 11.3. The van der Waals surface area contributed by atoms with Gasteiger partial charge in [-0.1, -0.05) is 28.1 Å². The van der Waals surface area contributed by atoms with Crippen LogP contribution in [-0.2, 0) is 0 Å². The molecule has 1 nitrogen and oxygen atoms in total. The lowest BCUT2D eigenvalue weighted by atomic mass is 10.1. The quantitative estimate of drug-likeness (QED) is 0.751. The van der Waals surface area contributed by atoms with Crippen molar-refractivity contribution < 1.29 is 9.13 Å². The summed E-state index contributed by atoms with van der Waals surface area (Å²) < 4.78 is 20.8. The molecule has 1 saturated carbocycles. The molecule has 1 aliphatic rings. The van der Waals surface area contributed by atoms with E-state index in [9.17, 15) is 4.39 Å². The molecule has 18 heavy (non-hydrogen) atoms. The minimum Gasteiger partial charge on any atom is -0.454 e. The Labute approximate surface area is 114 Å². The standard InChI is InChI=1S/C15H12BrFO/c16-11-6-8-12(9-7-11)18-14-3-1-2-13(15(14)17)10-4-5-10/h1-3,6-10H,4-5H2. The maximum atomic E-state index is 14.2. The molecule has 0 N–H and O–H groups in total. The van der Waals surface area contributed by atoms with E-state index in [-0.39, 0.29) is 5.82 Å². The molecule has 0 bridgehead atoms. The Morgan fingerprint density at radius 3 is 2.44 bits per heavy atom. The molecule has 1 fully saturated rings. The van der Waals surface area contributed by atoms with Gasteiger partial charge >= 0.3 is 0 Å². The molecule has 2 aromatic rings. The zero-order chi connectivity index (χ0) is 12.5. The maximum absolute atomic E-state index is 14.2. The van der Waals surface area contributed by atoms with Crippen LogP contribution in [0.1, 0.15) is 24.3 Å². The summed E-state index contributed by atoms with van der Waals surface area (Å²) in [6.45, 7) is 0. The highest BCUT2D eigenvalue weighted by Gasteiger charge is 2.27. The summed E-state index contributed by atoms with van der Waals surface area (Å²) in [6.07, 6.45) is 2.16. The molecule has 1 aliphatic carbocycles. The van der Waals surface area contributed by atoms with Crippen molar-refractivity contribution in [1.82, 2.24) is 0 Å². The Morgan fingerprint density at radius 2 is 1.78 bits per heavy atom. The van der Waals surface area contributed by atoms with Gasteiger partial charge in [-0.15, -0.1) is 0 Å². The van der Waals surface area contributed by atoms with Crippen LogP contribution in [0, 0.1) is 5.82 Å². The Balaban J connectivity index is 1.88. The van der Waals surface area contributed by atoms with Gasteiger partial charge in [0, 0.05) is 4.47 Å². The first-order valence-electron chi connectivity index (χ1n) is 5.96. The van der Waals surface area contributed by atoms with Gasteiger partial charge in [0.05, 0.1) is 0 Å². The predicted octanol–water partition coefficient (Wildman–Crippen LogP) is 5.26. The highest BCUT2D eigenvalue weighted by Crippen LogP contribution is 2.43. The lowest BCUT2D eigenvalue weighted by molar-refractivity contribution is 0.438. The molecular formula is C15H12BrFO. The second-order valence-corrected chi connectivity index (χ2v) is 5.41. The first kappa shape index (κ1) is 11.7. The van der Waals surface area contributed by atoms with Gasteiger partial charge in [0.1, 0.15) is 5.75 Å². The van der Waals surface area contributed by atoms with E-state index in [2.05, 4.69) is 15.9 Å². The fourth-order valence-electron chi connectivity index (χ4n) is 1.95. The van der Waals surface area contributed by atoms with Gasteiger partial charge in [-0.25, -0.2) is 4.39 Å². The van der Waals surface area contributed by atoms with E-state index in [1.165, 1.54) is 0 Å². The average molecular weight is 307 g/mol. The largest absolute Gasteiger partial charge is 0.454 e. The fraction of sp³-hybridized carbons (Fsp3) is 0.200. The van der Waals surface area contributed by atoms with Gasteiger partial charge in [0.15, 0.2) is 11.6 Å². The van der Waals surface area contributed by atoms with Crippen LogP contribution in [-0.4, -0.2) is 0 Å². The molecule has 0 atom stereocenters. The minimum absolute atomic E-state index is 0.220. The number of benzene rings is 2. The van der Waals surface area contributed by atoms with Gasteiger partial charge in [0.2, 0.25) is 0 Å². The van der Waals surface area contributed by atoms with E-state index in [1.54, 1.807) is 6.07 Å². The van der Waals surface area contributed by atoms with Crippen molar-refractivity contribution in [3.63, 3.8) is 0 Å². The second kappa shape index (κ2) is 4.73. The smallest absolute Gasteiger partial charge is 0.169 e. The van der Waals surface area contributed by atoms with E-state index in [0.29, 0.717) is 17.4 Å². The number of hydrogen-bond donors (Lipinski definition) is 0. The average Bonchev–Trinajstić information content (AvgIpc) is 3.19. The SMILES string of the molecule is Fc1c(Oc2ccc(Br)cc2)cccc1C1CC1. The number of rotatable bonds is 3. The van der Waals surface area contributed by atoms with Crippen LogP contribution in [0.2, 0.25) is 0 Å². The third kappa shape index (κ3) is 2.41. The van der Waals surface area contributed by atoms with Crippen LogP contribution in [0.5, 0.6) is 11.5 Å². The van der Waals surface area contributed by atoms with E-state index >= 15 is 0 Å². The van der Waals surface area contributed by atoms with Crippen LogP contribution < -0.4 is 4.74 Å². The molecule has 3 heteroatoms. The highest BCUT2D eigenvalue weighted by molar-refractivity contribution is 9.10. The lowest BCUT2D eigenvalue weighted by Crippen LogP contribution is -1.93. The normalized spacial score (nSPS) is 14.6. The van der Waals surface area contributed by atoms with E-state index in [1.807, 2.05) is 36.4 Å². The van der Waals surface area contributed by atoms with Crippen LogP contribution in [0.4, 0.5) is 4.39 Å². The summed E-state index contributed by atoms with van der Waals surface area (Å²) in [5, 5.41) is 0. The Bertz CT molecular complexity index is 561. The monoisotopic (exact) mass is 306 g/mol. The summed E-state index contributed by atoms with van der Waals surface area (Å²) in [5.74, 6) is 1.12. The molecular weight excluding hydrogens is 295 g/mol. The second-order valence-electron chi connectivity index (χ2n) is 4.49. The molecule has 0 radical (unpaired) electrons. The Hall–Kier alpha value is -1.35. The van der Waals surface area contributed by atoms with Crippen LogP contribution in [0.15, 0.2) is 46.9 Å². The summed E-state index contributed by atoms with van der Waals surface area (Å²) >= 11 is 3.35. The van der Waals surface area contributed by atoms with Gasteiger partial charge in [-0.3, -0.25) is 0 Å². The van der Waals surface area contributed by atoms with Crippen molar-refractivity contribution >= 4 is 15.9 Å². The first-order chi connectivity index (χ1) is 8.74. The van der Waals surface area contributed by atoms with Crippen molar-refractivity contribution in [2.45, 2.75) is 18.8 Å². The minimum atomic E-state index is -0.220. The maximum Gasteiger partial charge on any atom is 0.169 e. The van der Waals surface area contributed by atoms with E-state index in [4.69, 9.17) is 4.74 Å². The number of hydrogen-bond acceptors (Lipinski definition) is 1. The first-order valence-corrected chi connectivity index (χ1v) is 6.75. The Morgan fingerprint density at radius 1 is 1.06 bits per heavy atom. The Kier molecular flexibility index (Phi) is 3.08. The molecule has 0 heterocycles. The number of halogens is 2. The zero-order valence-electron chi connectivity index (χ0n) is 9.70. The third-order valence-corrected chi connectivity index (χ3v) is 3.58. The van der Waals surface area contributed by atoms with Gasteiger partial charge in [-0.2, -0.15) is 0 Å². The van der Waals surface area contributed by atoms with Crippen molar-refractivity contribution in [3.05, 3.63) is 58.3 Å². The van der Waals surface area contributed by atoms with Crippen LogP contribution in [0.3, 0.4) is 0 Å². The van der Waals surface area contributed by atoms with Crippen molar-refractivity contribution in [2.75, 3.05) is 0 Å². The van der Waals surface area contributed by atoms with E-state index in [0.717, 1.165) is 22.9 Å². The van der Waals surface area contributed by atoms with E-state index < -0.39 is 0 Å². The summed E-state index contributed by atoms with van der Waals surface area (Å²) in [4.78, 5) is 0. The molecule has 92 valence electrons. The summed E-state index contributed by atoms with van der Waals surface area (Å²) in [6, 6.07) is 12.7. The molecule has 0 aromatic heterocycles. The molecule has 3 rings (SSSR count). The van der Waals surface area contributed by atoms with Crippen LogP contribution >= 0.6 is 15.9 Å².